The van der Waals surface area contributed by atoms with Crippen molar-refractivity contribution >= 4 is 65.3 Å². The maximum Gasteiger partial charge on any atom is 0.139 e. The van der Waals surface area contributed by atoms with E-state index in [2.05, 4.69) is 164 Å². The van der Waals surface area contributed by atoms with Gasteiger partial charge in [-0.2, -0.15) is 0 Å². The van der Waals surface area contributed by atoms with E-state index in [0.29, 0.717) is 0 Å². The molecule has 230 valence electrons. The highest BCUT2D eigenvalue weighted by molar-refractivity contribution is 6.32. The Balaban J connectivity index is 1.60. The zero-order chi connectivity index (χ0) is 32.3. The van der Waals surface area contributed by atoms with E-state index in [-0.39, 0.29) is 16.2 Å². The molecule has 46 heavy (non-hydrogen) atoms. The molecule has 0 aliphatic rings. The van der Waals surface area contributed by atoms with Crippen molar-refractivity contribution in [3.63, 3.8) is 0 Å². The number of aromatic nitrogens is 1. The van der Waals surface area contributed by atoms with Crippen LogP contribution in [0.3, 0.4) is 0 Å². The number of para-hydroxylation sites is 1. The molecule has 0 bridgehead atoms. The van der Waals surface area contributed by atoms with Gasteiger partial charge < -0.3 is 8.98 Å². The van der Waals surface area contributed by atoms with Crippen LogP contribution in [0.4, 0.5) is 0 Å². The second kappa shape index (κ2) is 9.48. The highest BCUT2D eigenvalue weighted by atomic mass is 16.3. The van der Waals surface area contributed by atoms with Crippen molar-refractivity contribution in [2.24, 2.45) is 0 Å². The van der Waals surface area contributed by atoms with Gasteiger partial charge in [-0.05, 0) is 62.2 Å². The summed E-state index contributed by atoms with van der Waals surface area (Å²) in [5.74, 6) is 0. The van der Waals surface area contributed by atoms with Crippen molar-refractivity contribution in [2.75, 3.05) is 0 Å². The van der Waals surface area contributed by atoms with E-state index in [9.17, 15) is 0 Å². The molecule has 0 saturated heterocycles. The average molecular weight is 602 g/mol. The number of benzene rings is 6. The molecule has 0 spiro atoms. The van der Waals surface area contributed by atoms with Crippen LogP contribution in [0.5, 0.6) is 0 Å². The van der Waals surface area contributed by atoms with Gasteiger partial charge in [0.05, 0.1) is 11.0 Å². The highest BCUT2D eigenvalue weighted by Crippen LogP contribution is 2.46. The Morgan fingerprint density at radius 3 is 1.57 bits per heavy atom. The van der Waals surface area contributed by atoms with Crippen molar-refractivity contribution in [1.29, 1.82) is 0 Å². The number of furan rings is 1. The highest BCUT2D eigenvalue weighted by Gasteiger charge is 2.29. The Kier molecular flexibility index (Phi) is 5.96. The molecule has 8 rings (SSSR count). The van der Waals surface area contributed by atoms with Gasteiger partial charge in [0.1, 0.15) is 11.2 Å². The minimum Gasteiger partial charge on any atom is -0.455 e. The van der Waals surface area contributed by atoms with Gasteiger partial charge in [-0.1, -0.05) is 135 Å². The average Bonchev–Trinajstić information content (AvgIpc) is 3.55. The number of hydrogen-bond donors (Lipinski definition) is 0. The predicted octanol–water partition coefficient (Wildman–Crippen LogP) is 12.9. The molecule has 2 aromatic heterocycles. The smallest absolute Gasteiger partial charge is 0.139 e. The molecule has 0 amide bonds. The van der Waals surface area contributed by atoms with Gasteiger partial charge in [-0.25, -0.2) is 0 Å². The lowest BCUT2D eigenvalue weighted by Gasteiger charge is -2.25. The normalized spacial score (nSPS) is 13.3. The molecule has 2 heteroatoms. The van der Waals surface area contributed by atoms with Gasteiger partial charge in [0.25, 0.3) is 0 Å². The number of rotatable bonds is 1. The second-order valence-corrected chi connectivity index (χ2v) is 16.3. The van der Waals surface area contributed by atoms with E-state index in [1.54, 1.807) is 0 Å². The quantitative estimate of drug-likeness (QED) is 0.171. The summed E-state index contributed by atoms with van der Waals surface area (Å²) in [4.78, 5) is 0. The van der Waals surface area contributed by atoms with Crippen LogP contribution < -0.4 is 0 Å². The molecule has 8 aromatic rings. The summed E-state index contributed by atoms with van der Waals surface area (Å²) in [6.45, 7) is 20.7. The summed E-state index contributed by atoms with van der Waals surface area (Å²) >= 11 is 0. The first kappa shape index (κ1) is 28.9. The standard InChI is InChI=1S/C44H43NO/c1-42(2,3)26-22-33-34-24-27(25-36(44(7,8)9)41(34)46-40(33)35(23-26)43(4,5)6)45-37-21-15-14-20-32(37)38-30-18-12-10-16-28(30)29-17-11-13-19-31(29)39(38)45/h10-25H,1-9H3. The Morgan fingerprint density at radius 2 is 0.957 bits per heavy atom. The summed E-state index contributed by atoms with van der Waals surface area (Å²) in [7, 11) is 0. The van der Waals surface area contributed by atoms with Gasteiger partial charge in [0, 0.05) is 43.7 Å². The molecule has 0 atom stereocenters. The fourth-order valence-corrected chi connectivity index (χ4v) is 7.54. The van der Waals surface area contributed by atoms with Crippen LogP contribution in [0.2, 0.25) is 0 Å². The summed E-state index contributed by atoms with van der Waals surface area (Å²) in [6.07, 6.45) is 0. The minimum atomic E-state index is -0.135. The number of fused-ring (bicyclic) bond motifs is 11. The van der Waals surface area contributed by atoms with Crippen LogP contribution in [0.1, 0.15) is 79.0 Å². The van der Waals surface area contributed by atoms with Crippen LogP contribution in [0.15, 0.2) is 101 Å². The zero-order valence-corrected chi connectivity index (χ0v) is 28.6. The number of nitrogens with zero attached hydrogens (tertiary/aromatic N) is 1. The van der Waals surface area contributed by atoms with Crippen LogP contribution >= 0.6 is 0 Å². The summed E-state index contributed by atoms with van der Waals surface area (Å²) in [6, 6.07) is 36.3. The molecule has 0 radical (unpaired) electrons. The molecule has 6 aromatic carbocycles. The fraction of sp³-hybridized carbons (Fsp3) is 0.273. The number of hydrogen-bond acceptors (Lipinski definition) is 1. The van der Waals surface area contributed by atoms with Crippen LogP contribution in [-0.4, -0.2) is 4.57 Å². The molecular weight excluding hydrogens is 558 g/mol. The molecule has 0 aliphatic heterocycles. The topological polar surface area (TPSA) is 18.1 Å². The van der Waals surface area contributed by atoms with E-state index in [0.717, 1.165) is 11.2 Å². The Bertz CT molecular complexity index is 2520. The van der Waals surface area contributed by atoms with Crippen molar-refractivity contribution in [3.05, 3.63) is 114 Å². The molecule has 2 heterocycles. The first-order chi connectivity index (χ1) is 21.7. The Morgan fingerprint density at radius 1 is 0.457 bits per heavy atom. The molecule has 0 saturated carbocycles. The van der Waals surface area contributed by atoms with Gasteiger partial charge in [0.2, 0.25) is 0 Å². The third-order valence-electron chi connectivity index (χ3n) is 9.94. The molecule has 0 unspecified atom stereocenters. The van der Waals surface area contributed by atoms with E-state index < -0.39 is 0 Å². The van der Waals surface area contributed by atoms with Gasteiger partial charge >= 0.3 is 0 Å². The third kappa shape index (κ3) is 4.15. The SMILES string of the molecule is CC(C)(C)c1cc(C(C)(C)C)c2oc3c(C(C)(C)C)cc(-n4c5ccccc5c5c6ccccc6c6ccccc6c54)cc3c2c1. The summed E-state index contributed by atoms with van der Waals surface area (Å²) < 4.78 is 9.52. The maximum atomic E-state index is 7.00. The van der Waals surface area contributed by atoms with Gasteiger partial charge in [0.15, 0.2) is 0 Å². The first-order valence-corrected chi connectivity index (χ1v) is 16.6. The summed E-state index contributed by atoms with van der Waals surface area (Å²) in [5.41, 5.74) is 9.30. The Hall–Kier alpha value is -4.56. The van der Waals surface area contributed by atoms with Gasteiger partial charge in [-0.3, -0.25) is 0 Å². The molecule has 0 aliphatic carbocycles. The van der Waals surface area contributed by atoms with E-state index in [4.69, 9.17) is 4.42 Å². The molecule has 0 fully saturated rings. The second-order valence-electron chi connectivity index (χ2n) is 16.3. The third-order valence-corrected chi connectivity index (χ3v) is 9.94. The van der Waals surface area contributed by atoms with E-state index >= 15 is 0 Å². The van der Waals surface area contributed by atoms with E-state index in [1.807, 2.05) is 0 Å². The van der Waals surface area contributed by atoms with Crippen molar-refractivity contribution in [3.8, 4) is 5.69 Å². The van der Waals surface area contributed by atoms with Crippen molar-refractivity contribution < 1.29 is 4.42 Å². The molecule has 2 nitrogen and oxygen atoms in total. The predicted molar refractivity (Wildman–Crippen MR) is 199 cm³/mol. The molecule has 0 N–H and O–H groups in total. The van der Waals surface area contributed by atoms with Crippen molar-refractivity contribution in [2.45, 2.75) is 78.6 Å². The largest absolute Gasteiger partial charge is 0.455 e. The Labute approximate surface area is 271 Å². The van der Waals surface area contributed by atoms with Crippen LogP contribution in [-0.2, 0) is 16.2 Å². The zero-order valence-electron chi connectivity index (χ0n) is 28.6. The fourth-order valence-electron chi connectivity index (χ4n) is 7.54. The lowest BCUT2D eigenvalue weighted by molar-refractivity contribution is 0.550. The van der Waals surface area contributed by atoms with Crippen molar-refractivity contribution in [1.82, 2.24) is 4.57 Å². The monoisotopic (exact) mass is 601 g/mol. The van der Waals surface area contributed by atoms with Crippen LogP contribution in [0.25, 0.3) is 71.0 Å². The summed E-state index contributed by atoms with van der Waals surface area (Å²) in [5, 5.41) is 10.1. The minimum absolute atomic E-state index is 0.00898. The van der Waals surface area contributed by atoms with Crippen LogP contribution in [0, 0.1) is 0 Å². The first-order valence-electron chi connectivity index (χ1n) is 16.6. The van der Waals surface area contributed by atoms with E-state index in [1.165, 1.54) is 76.5 Å². The van der Waals surface area contributed by atoms with Gasteiger partial charge in [-0.15, -0.1) is 0 Å². The lowest BCUT2D eigenvalue weighted by Crippen LogP contribution is -2.16. The molecular formula is C44H43NO. The maximum absolute atomic E-state index is 7.00. The lowest BCUT2D eigenvalue weighted by atomic mass is 9.79.